The van der Waals surface area contributed by atoms with Crippen molar-refractivity contribution in [3.05, 3.63) is 0 Å². The lowest BCUT2D eigenvalue weighted by molar-refractivity contribution is -0.135. The maximum atomic E-state index is 12.1. The van der Waals surface area contributed by atoms with Crippen LogP contribution in [0, 0.1) is 11.8 Å². The van der Waals surface area contributed by atoms with Crippen molar-refractivity contribution >= 4 is 18.3 Å². The number of halogens is 1. The first-order valence-corrected chi connectivity index (χ1v) is 6.30. The van der Waals surface area contributed by atoms with Crippen molar-refractivity contribution in [3.63, 3.8) is 0 Å². The van der Waals surface area contributed by atoms with Crippen LogP contribution in [0.5, 0.6) is 0 Å². The SMILES string of the molecule is CCC1CCN(C(=O)C2CCCNC2)C1.Cl. The summed E-state index contributed by atoms with van der Waals surface area (Å²) in [7, 11) is 0. The maximum Gasteiger partial charge on any atom is 0.226 e. The highest BCUT2D eigenvalue weighted by Gasteiger charge is 2.30. The minimum atomic E-state index is 0. The zero-order valence-corrected chi connectivity index (χ0v) is 10.9. The third-order valence-corrected chi connectivity index (χ3v) is 3.82. The van der Waals surface area contributed by atoms with Gasteiger partial charge in [0.15, 0.2) is 0 Å². The van der Waals surface area contributed by atoms with Gasteiger partial charge in [0.05, 0.1) is 5.92 Å². The van der Waals surface area contributed by atoms with Crippen molar-refractivity contribution in [1.29, 1.82) is 0 Å². The zero-order chi connectivity index (χ0) is 10.7. The summed E-state index contributed by atoms with van der Waals surface area (Å²) in [5.41, 5.74) is 0. The Balaban J connectivity index is 0.00000128. The maximum absolute atomic E-state index is 12.1. The van der Waals surface area contributed by atoms with Crippen LogP contribution in [-0.4, -0.2) is 37.0 Å². The number of likely N-dealkylation sites (tertiary alicyclic amines) is 1. The standard InChI is InChI=1S/C12H22N2O.ClH/c1-2-10-5-7-14(9-10)12(15)11-4-3-6-13-8-11;/h10-11,13H,2-9H2,1H3;1H. The molecule has 0 aromatic heterocycles. The van der Waals surface area contributed by atoms with E-state index in [4.69, 9.17) is 0 Å². The van der Waals surface area contributed by atoms with E-state index in [0.29, 0.717) is 5.91 Å². The molecule has 0 aliphatic carbocycles. The number of nitrogens with one attached hydrogen (secondary N) is 1. The van der Waals surface area contributed by atoms with E-state index in [1.54, 1.807) is 0 Å². The van der Waals surface area contributed by atoms with Crippen LogP contribution in [0.25, 0.3) is 0 Å². The summed E-state index contributed by atoms with van der Waals surface area (Å²) in [6.07, 6.45) is 4.66. The van der Waals surface area contributed by atoms with Crippen LogP contribution in [0.4, 0.5) is 0 Å². The number of carbonyl (C=O) groups is 1. The molecule has 94 valence electrons. The monoisotopic (exact) mass is 246 g/mol. The van der Waals surface area contributed by atoms with Crippen molar-refractivity contribution < 1.29 is 4.79 Å². The van der Waals surface area contributed by atoms with Gasteiger partial charge in [0.25, 0.3) is 0 Å². The number of hydrogen-bond donors (Lipinski definition) is 1. The summed E-state index contributed by atoms with van der Waals surface area (Å²) in [5.74, 6) is 1.41. The molecule has 4 heteroatoms. The van der Waals surface area contributed by atoms with E-state index < -0.39 is 0 Å². The molecule has 1 amide bonds. The lowest BCUT2D eigenvalue weighted by atomic mass is 9.98. The molecule has 0 spiro atoms. The summed E-state index contributed by atoms with van der Waals surface area (Å²) < 4.78 is 0. The zero-order valence-electron chi connectivity index (χ0n) is 10.1. The average Bonchev–Trinajstić information content (AvgIpc) is 2.78. The number of nitrogens with zero attached hydrogens (tertiary/aromatic N) is 1. The Morgan fingerprint density at radius 1 is 1.44 bits per heavy atom. The number of amides is 1. The highest BCUT2D eigenvalue weighted by Crippen LogP contribution is 2.22. The molecule has 2 atom stereocenters. The molecule has 0 aromatic rings. The fourth-order valence-corrected chi connectivity index (χ4v) is 2.69. The fourth-order valence-electron chi connectivity index (χ4n) is 2.69. The molecule has 2 fully saturated rings. The smallest absolute Gasteiger partial charge is 0.226 e. The van der Waals surface area contributed by atoms with E-state index in [1.807, 2.05) is 0 Å². The number of carbonyl (C=O) groups excluding carboxylic acids is 1. The van der Waals surface area contributed by atoms with Crippen molar-refractivity contribution in [3.8, 4) is 0 Å². The van der Waals surface area contributed by atoms with Gasteiger partial charge in [-0.05, 0) is 31.7 Å². The number of hydrogen-bond acceptors (Lipinski definition) is 2. The summed E-state index contributed by atoms with van der Waals surface area (Å²) in [5, 5.41) is 3.32. The van der Waals surface area contributed by atoms with Crippen LogP contribution in [0.2, 0.25) is 0 Å². The van der Waals surface area contributed by atoms with Gasteiger partial charge in [0, 0.05) is 19.6 Å². The van der Waals surface area contributed by atoms with Crippen molar-refractivity contribution in [2.45, 2.75) is 32.6 Å². The molecule has 3 nitrogen and oxygen atoms in total. The highest BCUT2D eigenvalue weighted by molar-refractivity contribution is 5.85. The second-order valence-corrected chi connectivity index (χ2v) is 4.89. The second-order valence-electron chi connectivity index (χ2n) is 4.89. The van der Waals surface area contributed by atoms with Gasteiger partial charge in [-0.25, -0.2) is 0 Å². The van der Waals surface area contributed by atoms with Gasteiger partial charge in [-0.1, -0.05) is 13.3 Å². The molecule has 2 heterocycles. The second kappa shape index (κ2) is 6.45. The average molecular weight is 247 g/mol. The largest absolute Gasteiger partial charge is 0.342 e. The molecule has 0 aromatic carbocycles. The third kappa shape index (κ3) is 3.11. The fraction of sp³-hybridized carbons (Fsp3) is 0.917. The van der Waals surface area contributed by atoms with Crippen LogP contribution in [0.1, 0.15) is 32.6 Å². The van der Waals surface area contributed by atoms with Gasteiger partial charge in [0.1, 0.15) is 0 Å². The van der Waals surface area contributed by atoms with Gasteiger partial charge < -0.3 is 10.2 Å². The van der Waals surface area contributed by atoms with Gasteiger partial charge >= 0.3 is 0 Å². The Labute approximate surface area is 104 Å². The first kappa shape index (κ1) is 13.8. The Bertz CT molecular complexity index is 229. The molecular weight excluding hydrogens is 224 g/mol. The molecule has 0 radical (unpaired) electrons. The Hall–Kier alpha value is -0.280. The Morgan fingerprint density at radius 2 is 2.25 bits per heavy atom. The molecular formula is C12H23ClN2O. The van der Waals surface area contributed by atoms with E-state index in [9.17, 15) is 4.79 Å². The molecule has 1 N–H and O–H groups in total. The molecule has 2 unspecified atom stereocenters. The molecule has 0 saturated carbocycles. The van der Waals surface area contributed by atoms with Crippen molar-refractivity contribution in [1.82, 2.24) is 10.2 Å². The summed E-state index contributed by atoms with van der Waals surface area (Å²) in [4.78, 5) is 14.2. The summed E-state index contributed by atoms with van der Waals surface area (Å²) in [6.45, 7) is 6.20. The van der Waals surface area contributed by atoms with Crippen molar-refractivity contribution in [2.75, 3.05) is 26.2 Å². The molecule has 2 saturated heterocycles. The normalized spacial score (nSPS) is 29.9. The lowest BCUT2D eigenvalue weighted by Gasteiger charge is -2.26. The van der Waals surface area contributed by atoms with Crippen LogP contribution in [-0.2, 0) is 4.79 Å². The Kier molecular flexibility index (Phi) is 5.56. The van der Waals surface area contributed by atoms with Crippen LogP contribution >= 0.6 is 12.4 Å². The molecule has 2 aliphatic heterocycles. The van der Waals surface area contributed by atoms with E-state index in [-0.39, 0.29) is 18.3 Å². The molecule has 0 bridgehead atoms. The van der Waals surface area contributed by atoms with E-state index in [0.717, 1.165) is 44.9 Å². The molecule has 2 rings (SSSR count). The highest BCUT2D eigenvalue weighted by atomic mass is 35.5. The first-order chi connectivity index (χ1) is 7.31. The lowest BCUT2D eigenvalue weighted by Crippen LogP contribution is -2.42. The topological polar surface area (TPSA) is 32.3 Å². The van der Waals surface area contributed by atoms with Crippen LogP contribution in [0.15, 0.2) is 0 Å². The minimum Gasteiger partial charge on any atom is -0.342 e. The first-order valence-electron chi connectivity index (χ1n) is 6.30. The van der Waals surface area contributed by atoms with E-state index in [2.05, 4.69) is 17.1 Å². The predicted molar refractivity (Wildman–Crippen MR) is 67.8 cm³/mol. The van der Waals surface area contributed by atoms with Crippen LogP contribution in [0.3, 0.4) is 0 Å². The number of rotatable bonds is 2. The van der Waals surface area contributed by atoms with Crippen LogP contribution < -0.4 is 5.32 Å². The van der Waals surface area contributed by atoms with E-state index in [1.165, 1.54) is 12.8 Å². The minimum absolute atomic E-state index is 0. The van der Waals surface area contributed by atoms with Gasteiger partial charge in [-0.3, -0.25) is 4.79 Å². The van der Waals surface area contributed by atoms with Crippen molar-refractivity contribution in [2.24, 2.45) is 11.8 Å². The number of piperidine rings is 1. The Morgan fingerprint density at radius 3 is 2.81 bits per heavy atom. The summed E-state index contributed by atoms with van der Waals surface area (Å²) in [6, 6.07) is 0. The predicted octanol–water partition coefficient (Wildman–Crippen LogP) is 1.67. The third-order valence-electron chi connectivity index (χ3n) is 3.82. The molecule has 2 aliphatic rings. The van der Waals surface area contributed by atoms with Gasteiger partial charge in [-0.15, -0.1) is 12.4 Å². The van der Waals surface area contributed by atoms with Gasteiger partial charge in [-0.2, -0.15) is 0 Å². The molecule has 16 heavy (non-hydrogen) atoms. The summed E-state index contributed by atoms with van der Waals surface area (Å²) >= 11 is 0. The van der Waals surface area contributed by atoms with Gasteiger partial charge in [0.2, 0.25) is 5.91 Å². The van der Waals surface area contributed by atoms with E-state index >= 15 is 0 Å². The quantitative estimate of drug-likeness (QED) is 0.804.